The van der Waals surface area contributed by atoms with Crippen LogP contribution in [0.2, 0.25) is 0 Å². The first-order chi connectivity index (χ1) is 14.2. The summed E-state index contributed by atoms with van der Waals surface area (Å²) in [5.41, 5.74) is 1.69. The molecule has 1 heterocycles. The van der Waals surface area contributed by atoms with E-state index in [2.05, 4.69) is 15.6 Å². The van der Waals surface area contributed by atoms with Crippen LogP contribution in [0.25, 0.3) is 0 Å². The molecule has 2 rings (SSSR count). The van der Waals surface area contributed by atoms with Crippen LogP contribution in [0.15, 0.2) is 29.3 Å². The first-order valence-corrected chi connectivity index (χ1v) is 10.5. The number of benzene rings is 1. The van der Waals surface area contributed by atoms with Crippen LogP contribution < -0.4 is 10.6 Å². The van der Waals surface area contributed by atoms with E-state index >= 15 is 0 Å². The van der Waals surface area contributed by atoms with Crippen LogP contribution in [-0.2, 0) is 11.3 Å². The van der Waals surface area contributed by atoms with Crippen molar-refractivity contribution < 1.29 is 18.0 Å². The fraction of sp³-hybridized carbons (Fsp3) is 0.619. The van der Waals surface area contributed by atoms with E-state index in [0.29, 0.717) is 51.6 Å². The summed E-state index contributed by atoms with van der Waals surface area (Å²) in [6, 6.07) is 6.10. The molecule has 1 atom stereocenters. The molecule has 0 bridgehead atoms. The second-order valence-electron chi connectivity index (χ2n) is 7.41. The number of carbonyl (C=O) groups is 1. The third-order valence-electron chi connectivity index (χ3n) is 5.07. The summed E-state index contributed by atoms with van der Waals surface area (Å²) in [6.07, 6.45) is -2.94. The highest BCUT2D eigenvalue weighted by Crippen LogP contribution is 2.25. The Morgan fingerprint density at radius 1 is 1.20 bits per heavy atom. The number of carbonyl (C=O) groups excluding carboxylic acids is 1. The molecule has 1 aromatic rings. The van der Waals surface area contributed by atoms with Gasteiger partial charge < -0.3 is 15.5 Å². The smallest absolute Gasteiger partial charge is 0.357 e. The molecule has 30 heavy (non-hydrogen) atoms. The number of aliphatic imine (C=N–C) groups is 1. The Morgan fingerprint density at radius 3 is 2.50 bits per heavy atom. The standard InChI is InChI=1S/C21H32F3N5O/c1-4-7-19(30)27-18-9-6-8-17(14-18)15-26-20(25-5-2)29-12-10-28(11-13-29)16(3)21(22,23)24/h6,8-9,14,16H,4-5,7,10-13,15H2,1-3H3,(H,25,26)(H,27,30). The van der Waals surface area contributed by atoms with Crippen molar-refractivity contribution in [2.24, 2.45) is 4.99 Å². The Balaban J connectivity index is 1.99. The largest absolute Gasteiger partial charge is 0.403 e. The van der Waals surface area contributed by atoms with Gasteiger partial charge in [0.05, 0.1) is 6.54 Å². The van der Waals surface area contributed by atoms with E-state index in [1.807, 2.05) is 43.0 Å². The summed E-state index contributed by atoms with van der Waals surface area (Å²) in [6.45, 7) is 7.86. The molecule has 0 spiro atoms. The lowest BCUT2D eigenvalue weighted by molar-refractivity contribution is -0.181. The molecule has 0 radical (unpaired) electrons. The first kappa shape index (κ1) is 24.0. The highest BCUT2D eigenvalue weighted by molar-refractivity contribution is 5.90. The number of hydrogen-bond donors (Lipinski definition) is 2. The number of halogens is 3. The Kier molecular flexibility index (Phi) is 8.95. The number of guanidine groups is 1. The van der Waals surface area contributed by atoms with Gasteiger partial charge in [0.15, 0.2) is 5.96 Å². The lowest BCUT2D eigenvalue weighted by Crippen LogP contribution is -2.56. The van der Waals surface area contributed by atoms with Gasteiger partial charge in [-0.3, -0.25) is 9.69 Å². The SMILES string of the molecule is CCCC(=O)Nc1cccc(CN=C(NCC)N2CCN(C(C)C(F)(F)F)CC2)c1. The number of nitrogens with zero attached hydrogens (tertiary/aromatic N) is 3. The Bertz CT molecular complexity index is 715. The minimum Gasteiger partial charge on any atom is -0.357 e. The number of hydrogen-bond acceptors (Lipinski definition) is 3. The molecule has 9 heteroatoms. The molecule has 1 unspecified atom stereocenters. The lowest BCUT2D eigenvalue weighted by atomic mass is 10.2. The number of nitrogens with one attached hydrogen (secondary N) is 2. The molecule has 1 aliphatic heterocycles. The minimum absolute atomic E-state index is 0.0163. The highest BCUT2D eigenvalue weighted by atomic mass is 19.4. The van der Waals surface area contributed by atoms with Crippen molar-refractivity contribution in [3.63, 3.8) is 0 Å². The average molecular weight is 428 g/mol. The molecule has 0 saturated carbocycles. The topological polar surface area (TPSA) is 60.0 Å². The van der Waals surface area contributed by atoms with Gasteiger partial charge in [0.2, 0.25) is 5.91 Å². The van der Waals surface area contributed by atoms with Crippen LogP contribution in [0.5, 0.6) is 0 Å². The number of alkyl halides is 3. The molecule has 1 aromatic carbocycles. The van der Waals surface area contributed by atoms with Crippen LogP contribution in [-0.4, -0.2) is 66.6 Å². The highest BCUT2D eigenvalue weighted by Gasteiger charge is 2.41. The summed E-state index contributed by atoms with van der Waals surface area (Å²) in [5.74, 6) is 0.676. The van der Waals surface area contributed by atoms with E-state index in [1.54, 1.807) is 0 Å². The van der Waals surface area contributed by atoms with Gasteiger partial charge in [-0.1, -0.05) is 19.1 Å². The van der Waals surface area contributed by atoms with Crippen LogP contribution >= 0.6 is 0 Å². The van der Waals surface area contributed by atoms with Gasteiger partial charge in [-0.2, -0.15) is 13.2 Å². The second kappa shape index (κ2) is 11.2. The number of anilines is 1. The molecular formula is C21H32F3N5O. The monoisotopic (exact) mass is 427 g/mol. The molecule has 168 valence electrons. The summed E-state index contributed by atoms with van der Waals surface area (Å²) >= 11 is 0. The van der Waals surface area contributed by atoms with Crippen molar-refractivity contribution in [3.05, 3.63) is 29.8 Å². The van der Waals surface area contributed by atoms with Gasteiger partial charge in [0, 0.05) is 44.8 Å². The van der Waals surface area contributed by atoms with Crippen LogP contribution in [0.1, 0.15) is 39.2 Å². The molecule has 1 aliphatic rings. The average Bonchev–Trinajstić information content (AvgIpc) is 2.70. The second-order valence-corrected chi connectivity index (χ2v) is 7.41. The first-order valence-electron chi connectivity index (χ1n) is 10.5. The van der Waals surface area contributed by atoms with E-state index in [1.165, 1.54) is 11.8 Å². The van der Waals surface area contributed by atoms with Crippen LogP contribution in [0.3, 0.4) is 0 Å². The summed E-state index contributed by atoms with van der Waals surface area (Å²) in [4.78, 5) is 19.9. The Morgan fingerprint density at radius 2 is 1.90 bits per heavy atom. The van der Waals surface area contributed by atoms with Crippen LogP contribution in [0.4, 0.5) is 18.9 Å². The number of amides is 1. The van der Waals surface area contributed by atoms with E-state index in [4.69, 9.17) is 0 Å². The van der Waals surface area contributed by atoms with Gasteiger partial charge in [-0.25, -0.2) is 4.99 Å². The molecule has 2 N–H and O–H groups in total. The van der Waals surface area contributed by atoms with Crippen molar-refractivity contribution in [2.45, 2.75) is 52.4 Å². The van der Waals surface area contributed by atoms with Gasteiger partial charge >= 0.3 is 6.18 Å². The minimum atomic E-state index is -4.21. The van der Waals surface area contributed by atoms with E-state index < -0.39 is 12.2 Å². The van der Waals surface area contributed by atoms with Gasteiger partial charge in [0.1, 0.15) is 6.04 Å². The maximum atomic E-state index is 13.0. The molecule has 0 aromatic heterocycles. The lowest BCUT2D eigenvalue weighted by Gasteiger charge is -2.39. The predicted molar refractivity (Wildman–Crippen MR) is 113 cm³/mol. The summed E-state index contributed by atoms with van der Waals surface area (Å²) in [5, 5.41) is 6.10. The van der Waals surface area contributed by atoms with E-state index in [0.717, 1.165) is 17.7 Å². The normalized spacial score (nSPS) is 17.0. The number of piperazine rings is 1. The van der Waals surface area contributed by atoms with Gasteiger partial charge in [-0.15, -0.1) is 0 Å². The zero-order valence-corrected chi connectivity index (χ0v) is 17.9. The molecule has 0 aliphatic carbocycles. The fourth-order valence-corrected chi connectivity index (χ4v) is 3.32. The van der Waals surface area contributed by atoms with Crippen molar-refractivity contribution in [1.82, 2.24) is 15.1 Å². The quantitative estimate of drug-likeness (QED) is 0.517. The Hall–Kier alpha value is -2.29. The van der Waals surface area contributed by atoms with Crippen molar-refractivity contribution in [3.8, 4) is 0 Å². The maximum Gasteiger partial charge on any atom is 0.403 e. The zero-order valence-electron chi connectivity index (χ0n) is 17.9. The Labute approximate surface area is 176 Å². The summed E-state index contributed by atoms with van der Waals surface area (Å²) in [7, 11) is 0. The van der Waals surface area contributed by atoms with E-state index in [9.17, 15) is 18.0 Å². The van der Waals surface area contributed by atoms with Crippen molar-refractivity contribution in [1.29, 1.82) is 0 Å². The molecule has 1 fully saturated rings. The summed E-state index contributed by atoms with van der Waals surface area (Å²) < 4.78 is 38.9. The van der Waals surface area contributed by atoms with Crippen molar-refractivity contribution in [2.75, 3.05) is 38.0 Å². The maximum absolute atomic E-state index is 13.0. The number of rotatable bonds is 7. The van der Waals surface area contributed by atoms with Crippen LogP contribution in [0, 0.1) is 0 Å². The molecular weight excluding hydrogens is 395 g/mol. The van der Waals surface area contributed by atoms with Gasteiger partial charge in [-0.05, 0) is 38.0 Å². The molecule has 6 nitrogen and oxygen atoms in total. The third-order valence-corrected chi connectivity index (χ3v) is 5.07. The molecule has 1 amide bonds. The van der Waals surface area contributed by atoms with E-state index in [-0.39, 0.29) is 5.91 Å². The predicted octanol–water partition coefficient (Wildman–Crippen LogP) is 3.46. The van der Waals surface area contributed by atoms with Crippen molar-refractivity contribution >= 4 is 17.6 Å². The van der Waals surface area contributed by atoms with Gasteiger partial charge in [0.25, 0.3) is 0 Å². The third kappa shape index (κ3) is 7.19. The fourth-order valence-electron chi connectivity index (χ4n) is 3.32. The molecule has 1 saturated heterocycles. The zero-order chi connectivity index (χ0) is 22.1.